The van der Waals surface area contributed by atoms with Gasteiger partial charge in [0.05, 0.1) is 18.2 Å². The Morgan fingerprint density at radius 3 is 2.55 bits per heavy atom. The van der Waals surface area contributed by atoms with Gasteiger partial charge in [0, 0.05) is 11.5 Å². The maximum Gasteiger partial charge on any atom is 0.317 e. The molecular weight excluding hydrogens is 320 g/mol. The molecular formula is C15H23BrN2O2. The number of hydrogen-bond donors (Lipinski definition) is 2. The zero-order chi connectivity index (χ0) is 15.3. The fourth-order valence-electron chi connectivity index (χ4n) is 2.07. The monoisotopic (exact) mass is 342 g/mol. The van der Waals surface area contributed by atoms with E-state index in [1.807, 2.05) is 31.2 Å². The van der Waals surface area contributed by atoms with Crippen LogP contribution in [-0.4, -0.2) is 35.2 Å². The number of likely N-dealkylation sites (N-methyl/N-ethyl adjacent to an activating group) is 1. The highest BCUT2D eigenvalue weighted by Gasteiger charge is 2.22. The van der Waals surface area contributed by atoms with E-state index in [0.29, 0.717) is 0 Å². The summed E-state index contributed by atoms with van der Waals surface area (Å²) in [5.74, 6) is 0. The SMILES string of the molecule is CCC(NC(=O)N(C)CC(C)(C)O)c1ccccc1Br. The van der Waals surface area contributed by atoms with Gasteiger partial charge in [-0.3, -0.25) is 0 Å². The van der Waals surface area contributed by atoms with Crippen LogP contribution in [0.25, 0.3) is 0 Å². The summed E-state index contributed by atoms with van der Waals surface area (Å²) in [5, 5.41) is 12.8. The average Bonchev–Trinajstić information content (AvgIpc) is 2.34. The van der Waals surface area contributed by atoms with Crippen LogP contribution in [0.2, 0.25) is 0 Å². The van der Waals surface area contributed by atoms with Gasteiger partial charge in [0.25, 0.3) is 0 Å². The Balaban J connectivity index is 2.74. The molecule has 0 fully saturated rings. The molecule has 0 bridgehead atoms. The Labute approximate surface area is 129 Å². The van der Waals surface area contributed by atoms with Gasteiger partial charge in [-0.05, 0) is 31.9 Å². The maximum absolute atomic E-state index is 12.2. The van der Waals surface area contributed by atoms with Crippen molar-refractivity contribution >= 4 is 22.0 Å². The van der Waals surface area contributed by atoms with Gasteiger partial charge in [0.1, 0.15) is 0 Å². The molecule has 1 aromatic carbocycles. The highest BCUT2D eigenvalue weighted by atomic mass is 79.9. The number of nitrogens with zero attached hydrogens (tertiary/aromatic N) is 1. The zero-order valence-electron chi connectivity index (χ0n) is 12.5. The van der Waals surface area contributed by atoms with Gasteiger partial charge in [0.2, 0.25) is 0 Å². The molecule has 20 heavy (non-hydrogen) atoms. The van der Waals surface area contributed by atoms with Crippen LogP contribution in [0.3, 0.4) is 0 Å². The molecule has 4 nitrogen and oxygen atoms in total. The quantitative estimate of drug-likeness (QED) is 0.862. The van der Waals surface area contributed by atoms with Gasteiger partial charge in [-0.2, -0.15) is 0 Å². The van der Waals surface area contributed by atoms with Crippen LogP contribution in [0.15, 0.2) is 28.7 Å². The number of nitrogens with one attached hydrogen (secondary N) is 1. The number of aliphatic hydroxyl groups is 1. The second-order valence-corrected chi connectivity index (χ2v) is 6.45. The summed E-state index contributed by atoms with van der Waals surface area (Å²) in [7, 11) is 1.68. The minimum absolute atomic E-state index is 0.0534. The van der Waals surface area contributed by atoms with Crippen LogP contribution < -0.4 is 5.32 Å². The number of carbonyl (C=O) groups is 1. The van der Waals surface area contributed by atoms with Crippen molar-refractivity contribution in [3.8, 4) is 0 Å². The molecule has 0 aromatic heterocycles. The van der Waals surface area contributed by atoms with E-state index in [0.717, 1.165) is 16.5 Å². The molecule has 0 aliphatic carbocycles. The van der Waals surface area contributed by atoms with Crippen molar-refractivity contribution in [3.05, 3.63) is 34.3 Å². The standard InChI is InChI=1S/C15H23BrN2O2/c1-5-13(11-8-6-7-9-12(11)16)17-14(19)18(4)10-15(2,3)20/h6-9,13,20H,5,10H2,1-4H3,(H,17,19). The molecule has 112 valence electrons. The molecule has 2 amide bonds. The summed E-state index contributed by atoms with van der Waals surface area (Å²) in [6.07, 6.45) is 0.796. The van der Waals surface area contributed by atoms with Gasteiger partial charge in [0.15, 0.2) is 0 Å². The highest BCUT2D eigenvalue weighted by Crippen LogP contribution is 2.25. The van der Waals surface area contributed by atoms with Gasteiger partial charge >= 0.3 is 6.03 Å². The van der Waals surface area contributed by atoms with Crippen LogP contribution in [0, 0.1) is 0 Å². The predicted octanol–water partition coefficient (Wildman–Crippen LogP) is 3.31. The average molecular weight is 343 g/mol. The van der Waals surface area contributed by atoms with Crippen molar-refractivity contribution in [3.63, 3.8) is 0 Å². The van der Waals surface area contributed by atoms with Gasteiger partial charge in [-0.15, -0.1) is 0 Å². The Morgan fingerprint density at radius 1 is 1.45 bits per heavy atom. The van der Waals surface area contributed by atoms with Crippen LogP contribution >= 0.6 is 15.9 Å². The minimum Gasteiger partial charge on any atom is -0.389 e. The molecule has 1 aromatic rings. The van der Waals surface area contributed by atoms with E-state index in [4.69, 9.17) is 0 Å². The Hall–Kier alpha value is -1.07. The summed E-state index contributed by atoms with van der Waals surface area (Å²) in [5.41, 5.74) is 0.154. The van der Waals surface area contributed by atoms with Crippen LogP contribution in [0.4, 0.5) is 4.79 Å². The van der Waals surface area contributed by atoms with Gasteiger partial charge in [-0.1, -0.05) is 41.1 Å². The van der Waals surface area contributed by atoms with E-state index in [1.54, 1.807) is 20.9 Å². The third-order valence-corrected chi connectivity index (χ3v) is 3.68. The summed E-state index contributed by atoms with van der Waals surface area (Å²) >= 11 is 3.51. The lowest BCUT2D eigenvalue weighted by atomic mass is 10.0. The number of amides is 2. The van der Waals surface area contributed by atoms with Gasteiger partial charge in [-0.25, -0.2) is 4.79 Å². The highest BCUT2D eigenvalue weighted by molar-refractivity contribution is 9.10. The molecule has 2 N–H and O–H groups in total. The maximum atomic E-state index is 12.2. The summed E-state index contributed by atoms with van der Waals surface area (Å²) in [4.78, 5) is 13.7. The first kappa shape index (κ1) is 17.0. The summed E-state index contributed by atoms with van der Waals surface area (Å²) < 4.78 is 0.984. The van der Waals surface area contributed by atoms with E-state index >= 15 is 0 Å². The number of halogens is 1. The molecule has 0 spiro atoms. The zero-order valence-corrected chi connectivity index (χ0v) is 14.1. The topological polar surface area (TPSA) is 52.6 Å². The molecule has 1 atom stereocenters. The molecule has 0 aliphatic rings. The lowest BCUT2D eigenvalue weighted by Crippen LogP contribution is -2.45. The number of benzene rings is 1. The van der Waals surface area contributed by atoms with E-state index < -0.39 is 5.60 Å². The fraction of sp³-hybridized carbons (Fsp3) is 0.533. The molecule has 0 saturated heterocycles. The van der Waals surface area contributed by atoms with Gasteiger partial charge < -0.3 is 15.3 Å². The number of carbonyl (C=O) groups excluding carboxylic acids is 1. The smallest absolute Gasteiger partial charge is 0.317 e. The summed E-state index contributed by atoms with van der Waals surface area (Å²) in [6, 6.07) is 7.62. The first-order valence-corrected chi connectivity index (χ1v) is 7.52. The van der Waals surface area contributed by atoms with E-state index in [1.165, 1.54) is 4.90 Å². The lowest BCUT2D eigenvalue weighted by molar-refractivity contribution is 0.0527. The molecule has 0 radical (unpaired) electrons. The van der Waals surface area contributed by atoms with Crippen LogP contribution in [-0.2, 0) is 0 Å². The van der Waals surface area contributed by atoms with E-state index in [2.05, 4.69) is 21.2 Å². The molecule has 1 rings (SSSR count). The third-order valence-electron chi connectivity index (χ3n) is 2.96. The van der Waals surface area contributed by atoms with Crippen molar-refractivity contribution in [1.29, 1.82) is 0 Å². The van der Waals surface area contributed by atoms with Crippen LogP contribution in [0.1, 0.15) is 38.8 Å². The van der Waals surface area contributed by atoms with Crippen LogP contribution in [0.5, 0.6) is 0 Å². The normalized spacial score (nSPS) is 12.9. The van der Waals surface area contributed by atoms with E-state index in [-0.39, 0.29) is 18.6 Å². The predicted molar refractivity (Wildman–Crippen MR) is 84.6 cm³/mol. The first-order valence-electron chi connectivity index (χ1n) is 6.73. The van der Waals surface area contributed by atoms with Crippen molar-refractivity contribution in [2.45, 2.75) is 38.8 Å². The number of hydrogen-bond acceptors (Lipinski definition) is 2. The molecule has 0 heterocycles. The van der Waals surface area contributed by atoms with Crippen molar-refractivity contribution in [1.82, 2.24) is 10.2 Å². The number of rotatable bonds is 5. The Bertz CT molecular complexity index is 457. The second kappa shape index (κ2) is 7.09. The molecule has 0 aliphatic heterocycles. The third kappa shape index (κ3) is 5.13. The molecule has 1 unspecified atom stereocenters. The second-order valence-electron chi connectivity index (χ2n) is 5.60. The Kier molecular flexibility index (Phi) is 6.02. The fourth-order valence-corrected chi connectivity index (χ4v) is 2.63. The molecule has 0 saturated carbocycles. The minimum atomic E-state index is -0.902. The van der Waals surface area contributed by atoms with E-state index in [9.17, 15) is 9.90 Å². The van der Waals surface area contributed by atoms with Crippen molar-refractivity contribution in [2.75, 3.05) is 13.6 Å². The summed E-state index contributed by atoms with van der Waals surface area (Å²) in [6.45, 7) is 5.68. The lowest BCUT2D eigenvalue weighted by Gasteiger charge is -2.28. The first-order chi connectivity index (χ1) is 9.24. The Morgan fingerprint density at radius 2 is 2.05 bits per heavy atom. The molecule has 5 heteroatoms. The largest absolute Gasteiger partial charge is 0.389 e. The number of urea groups is 1. The van der Waals surface area contributed by atoms with Crippen molar-refractivity contribution in [2.24, 2.45) is 0 Å². The van der Waals surface area contributed by atoms with Crippen molar-refractivity contribution < 1.29 is 9.90 Å².